The third kappa shape index (κ3) is 5.27. The molecule has 1 aliphatic rings. The van der Waals surface area contributed by atoms with E-state index in [9.17, 15) is 22.8 Å². The third-order valence-electron chi connectivity index (χ3n) is 4.49. The topological polar surface area (TPSA) is 103 Å². The van der Waals surface area contributed by atoms with Gasteiger partial charge >= 0.3 is 12.2 Å². The van der Waals surface area contributed by atoms with Crippen LogP contribution >= 0.6 is 15.9 Å². The number of pyridine rings is 1. The number of carbonyl (C=O) groups excluding carboxylic acids is 1. The molecule has 2 N–H and O–H groups in total. The van der Waals surface area contributed by atoms with Crippen LogP contribution in [0, 0.1) is 0 Å². The monoisotopic (exact) mass is 490 g/mol. The second-order valence-electron chi connectivity index (χ2n) is 6.52. The number of hydroxylamine groups is 1. The molecule has 1 unspecified atom stereocenters. The van der Waals surface area contributed by atoms with Crippen molar-refractivity contribution < 1.29 is 22.8 Å². The van der Waals surface area contributed by atoms with Crippen molar-refractivity contribution in [3.8, 4) is 0 Å². The maximum Gasteiger partial charge on any atom is 0.419 e. The number of alkyl halides is 3. The lowest BCUT2D eigenvalue weighted by Crippen LogP contribution is -2.52. The summed E-state index contributed by atoms with van der Waals surface area (Å²) in [6.45, 7) is 3.07. The fraction of sp³-hybridized carbons (Fsp3) is 0.412. The number of halogens is 4. The average molecular weight is 491 g/mol. The molecule has 0 spiro atoms. The predicted octanol–water partition coefficient (Wildman–Crippen LogP) is 2.47. The number of amides is 2. The number of hydrogen-bond donors (Lipinski definition) is 2. The number of nitrogens with zero attached hydrogens (tertiary/aromatic N) is 4. The van der Waals surface area contributed by atoms with Gasteiger partial charge in [0.05, 0.1) is 10.0 Å². The number of aromatic nitrogens is 3. The van der Waals surface area contributed by atoms with Crippen molar-refractivity contribution in [1.82, 2.24) is 25.3 Å². The number of H-pyrrole nitrogens is 1. The van der Waals surface area contributed by atoms with Crippen molar-refractivity contribution in [3.63, 3.8) is 0 Å². The van der Waals surface area contributed by atoms with Crippen molar-refractivity contribution in [1.29, 1.82) is 0 Å². The molecule has 2 amide bonds. The first-order valence-electron chi connectivity index (χ1n) is 8.88. The van der Waals surface area contributed by atoms with Gasteiger partial charge in [-0.2, -0.15) is 13.2 Å². The summed E-state index contributed by atoms with van der Waals surface area (Å²) in [6.07, 6.45) is -2.02. The van der Waals surface area contributed by atoms with E-state index in [0.29, 0.717) is 36.2 Å². The molecule has 0 aromatic carbocycles. The molecule has 30 heavy (non-hydrogen) atoms. The lowest BCUT2D eigenvalue weighted by molar-refractivity contribution is -0.138. The first kappa shape index (κ1) is 22.0. The van der Waals surface area contributed by atoms with Crippen LogP contribution < -0.4 is 15.9 Å². The quantitative estimate of drug-likeness (QED) is 0.638. The van der Waals surface area contributed by atoms with E-state index in [1.807, 2.05) is 0 Å². The van der Waals surface area contributed by atoms with Crippen LogP contribution in [0.4, 0.5) is 23.9 Å². The van der Waals surface area contributed by atoms with E-state index in [1.165, 1.54) is 11.1 Å². The van der Waals surface area contributed by atoms with Crippen LogP contribution in [-0.4, -0.2) is 52.1 Å². The summed E-state index contributed by atoms with van der Waals surface area (Å²) in [5.41, 5.74) is 1.84. The Balaban J connectivity index is 1.49. The maximum atomic E-state index is 12.6. The molecular weight excluding hydrogens is 473 g/mol. The Morgan fingerprint density at radius 3 is 2.47 bits per heavy atom. The van der Waals surface area contributed by atoms with Gasteiger partial charge in [0.1, 0.15) is 6.10 Å². The number of hydrogen-bond acceptors (Lipinski definition) is 6. The molecule has 9 nitrogen and oxygen atoms in total. The van der Waals surface area contributed by atoms with Crippen LogP contribution in [0.2, 0.25) is 0 Å². The Morgan fingerprint density at radius 1 is 1.27 bits per heavy atom. The first-order valence-corrected chi connectivity index (χ1v) is 9.67. The normalized spacial score (nSPS) is 15.8. The van der Waals surface area contributed by atoms with Crippen LogP contribution in [0.5, 0.6) is 0 Å². The summed E-state index contributed by atoms with van der Waals surface area (Å²) in [6, 6.07) is 1.15. The van der Waals surface area contributed by atoms with Gasteiger partial charge in [0.2, 0.25) is 5.95 Å². The second kappa shape index (κ2) is 9.00. The van der Waals surface area contributed by atoms with Gasteiger partial charge in [-0.3, -0.25) is 9.63 Å². The molecule has 2 aromatic rings. The number of aromatic amines is 1. The number of carbonyl (C=O) groups is 1. The number of rotatable bonds is 4. The van der Waals surface area contributed by atoms with Crippen molar-refractivity contribution in [2.24, 2.45) is 0 Å². The Morgan fingerprint density at radius 2 is 1.90 bits per heavy atom. The van der Waals surface area contributed by atoms with Gasteiger partial charge in [0.25, 0.3) is 5.56 Å². The lowest BCUT2D eigenvalue weighted by atomic mass is 10.2. The summed E-state index contributed by atoms with van der Waals surface area (Å²) in [4.78, 5) is 42.3. The minimum Gasteiger partial charge on any atom is -0.337 e. The first-order chi connectivity index (χ1) is 14.1. The Bertz CT molecular complexity index is 945. The van der Waals surface area contributed by atoms with E-state index < -0.39 is 23.9 Å². The Kier molecular flexibility index (Phi) is 6.61. The highest BCUT2D eigenvalue weighted by Crippen LogP contribution is 2.28. The fourth-order valence-electron chi connectivity index (χ4n) is 2.72. The maximum absolute atomic E-state index is 12.6. The number of anilines is 1. The fourth-order valence-corrected chi connectivity index (χ4v) is 3.10. The van der Waals surface area contributed by atoms with Crippen molar-refractivity contribution in [3.05, 3.63) is 50.6 Å². The minimum absolute atomic E-state index is 0.177. The van der Waals surface area contributed by atoms with E-state index in [0.717, 1.165) is 12.4 Å². The van der Waals surface area contributed by atoms with E-state index in [1.54, 1.807) is 17.9 Å². The van der Waals surface area contributed by atoms with E-state index in [-0.39, 0.29) is 11.5 Å². The predicted molar refractivity (Wildman–Crippen MR) is 104 cm³/mol. The van der Waals surface area contributed by atoms with Gasteiger partial charge in [-0.1, -0.05) is 0 Å². The van der Waals surface area contributed by atoms with Crippen LogP contribution in [0.1, 0.15) is 24.2 Å². The highest BCUT2D eigenvalue weighted by Gasteiger charge is 2.32. The zero-order valence-electron chi connectivity index (χ0n) is 15.7. The zero-order chi connectivity index (χ0) is 21.9. The number of nitrogens with one attached hydrogen (secondary N) is 2. The molecule has 0 radical (unpaired) electrons. The molecule has 13 heteroatoms. The second-order valence-corrected chi connectivity index (χ2v) is 7.38. The molecule has 3 rings (SSSR count). The van der Waals surface area contributed by atoms with Gasteiger partial charge in [-0.15, -0.1) is 0 Å². The molecule has 1 atom stereocenters. The molecular formula is C17H18BrF3N6O3. The van der Waals surface area contributed by atoms with Crippen molar-refractivity contribution >= 4 is 27.9 Å². The molecule has 3 heterocycles. The molecule has 0 saturated carbocycles. The molecule has 1 saturated heterocycles. The highest BCUT2D eigenvalue weighted by atomic mass is 79.9. The van der Waals surface area contributed by atoms with Gasteiger partial charge < -0.3 is 14.8 Å². The Labute approximate surface area is 177 Å². The van der Waals surface area contributed by atoms with E-state index >= 15 is 0 Å². The number of urea groups is 1. The molecule has 0 bridgehead atoms. The summed E-state index contributed by atoms with van der Waals surface area (Å²) in [7, 11) is 0. The Hall–Kier alpha value is -2.67. The lowest BCUT2D eigenvalue weighted by Gasteiger charge is -2.34. The van der Waals surface area contributed by atoms with Crippen LogP contribution in [0.15, 0.2) is 33.9 Å². The van der Waals surface area contributed by atoms with Crippen LogP contribution in [0.25, 0.3) is 0 Å². The molecule has 162 valence electrons. The molecule has 0 aliphatic carbocycles. The smallest absolute Gasteiger partial charge is 0.337 e. The zero-order valence-corrected chi connectivity index (χ0v) is 17.3. The SMILES string of the molecule is CC(ONC(=O)N1CCN(c2ncc(C(F)(F)F)cn2)CC1)c1c[nH]c(=O)c(Br)c1. The standard InChI is InChI=1S/C17H18BrF3N6O3/c1-10(11-6-13(18)14(28)22-7-11)30-25-16(29)27-4-2-26(3-5-27)15-23-8-12(9-24-15)17(19,20)21/h6-10H,2-5H2,1H3,(H,22,28)(H,25,29). The van der Waals surface area contributed by atoms with Crippen molar-refractivity contribution in [2.45, 2.75) is 19.2 Å². The van der Waals surface area contributed by atoms with E-state index in [4.69, 9.17) is 4.84 Å². The molecule has 1 fully saturated rings. The number of piperazine rings is 1. The van der Waals surface area contributed by atoms with Gasteiger partial charge in [-0.05, 0) is 28.9 Å². The largest absolute Gasteiger partial charge is 0.419 e. The van der Waals surface area contributed by atoms with Gasteiger partial charge in [0.15, 0.2) is 0 Å². The van der Waals surface area contributed by atoms with Crippen LogP contribution in [-0.2, 0) is 11.0 Å². The molecule has 2 aromatic heterocycles. The van der Waals surface area contributed by atoms with Gasteiger partial charge in [0, 0.05) is 50.3 Å². The van der Waals surface area contributed by atoms with Crippen molar-refractivity contribution in [2.75, 3.05) is 31.1 Å². The van der Waals surface area contributed by atoms with Gasteiger partial charge in [-0.25, -0.2) is 20.2 Å². The summed E-state index contributed by atoms with van der Waals surface area (Å²) < 4.78 is 38.2. The average Bonchev–Trinajstić information content (AvgIpc) is 2.73. The highest BCUT2D eigenvalue weighted by molar-refractivity contribution is 9.10. The van der Waals surface area contributed by atoms with Crippen LogP contribution in [0.3, 0.4) is 0 Å². The summed E-state index contributed by atoms with van der Waals surface area (Å²) in [5, 5.41) is 0. The summed E-state index contributed by atoms with van der Waals surface area (Å²) >= 11 is 3.13. The third-order valence-corrected chi connectivity index (χ3v) is 5.08. The minimum atomic E-state index is -4.49. The molecule has 1 aliphatic heterocycles. The summed E-state index contributed by atoms with van der Waals surface area (Å²) in [5.74, 6) is 0.177. The van der Waals surface area contributed by atoms with E-state index in [2.05, 4.69) is 36.4 Å².